The third kappa shape index (κ3) is 18.7. The van der Waals surface area contributed by atoms with Gasteiger partial charge in [0.15, 0.2) is 0 Å². The van der Waals surface area contributed by atoms with Crippen molar-refractivity contribution in [2.75, 3.05) is 0 Å². The predicted octanol–water partition coefficient (Wildman–Crippen LogP) is -6.83. The summed E-state index contributed by atoms with van der Waals surface area (Å²) in [7, 11) is 0. The maximum atomic E-state index is 2.32. The molecule has 0 rings (SSSR count). The van der Waals surface area contributed by atoms with Crippen LogP contribution in [0, 0.1) is 0 Å². The van der Waals surface area contributed by atoms with Gasteiger partial charge in [-0.15, -0.1) is 0 Å². The van der Waals surface area contributed by atoms with Gasteiger partial charge < -0.3 is 37.2 Å². The zero-order valence-corrected chi connectivity index (χ0v) is 12.0. The van der Waals surface area contributed by atoms with Crippen LogP contribution in [0.4, 0.5) is 0 Å². The molecule has 0 amide bonds. The molecule has 0 bridgehead atoms. The summed E-state index contributed by atoms with van der Waals surface area (Å²) in [6.45, 7) is 6.97. The fourth-order valence-electron chi connectivity index (χ4n) is 0.866. The van der Waals surface area contributed by atoms with Crippen LogP contribution in [0.25, 0.3) is 0 Å². The molecule has 0 aliphatic carbocycles. The average molecular weight is 248 g/mol. The van der Waals surface area contributed by atoms with Gasteiger partial charge >= 0.3 is 17.4 Å². The molecule has 0 spiro atoms. The SMILES string of the molecule is C[CH2][Al]([CH2]C)[CH2]C.[Al+3].[Cl-].[Cl-].[Cl-]. The quantitative estimate of drug-likeness (QED) is 0.435. The number of hydrogen-bond donors (Lipinski definition) is 0. The van der Waals surface area contributed by atoms with Gasteiger partial charge in [-0.3, -0.25) is 0 Å². The van der Waals surface area contributed by atoms with Gasteiger partial charge in [0.2, 0.25) is 0 Å². The molecule has 0 aromatic rings. The van der Waals surface area contributed by atoms with Crippen molar-refractivity contribution in [1.82, 2.24) is 0 Å². The van der Waals surface area contributed by atoms with E-state index in [9.17, 15) is 0 Å². The summed E-state index contributed by atoms with van der Waals surface area (Å²) >= 11 is -0.171. The average Bonchev–Trinajstić information content (AvgIpc) is 1.72. The van der Waals surface area contributed by atoms with Crippen LogP contribution in [0.1, 0.15) is 20.8 Å². The van der Waals surface area contributed by atoms with Gasteiger partial charge in [-0.25, -0.2) is 0 Å². The molecule has 0 aromatic carbocycles. The molecule has 0 nitrogen and oxygen atoms in total. The van der Waals surface area contributed by atoms with Gasteiger partial charge in [0.05, 0.1) is 0 Å². The van der Waals surface area contributed by atoms with E-state index in [1.807, 2.05) is 0 Å². The summed E-state index contributed by atoms with van der Waals surface area (Å²) in [6.07, 6.45) is 0. The predicted molar refractivity (Wildman–Crippen MR) is 43.0 cm³/mol. The van der Waals surface area contributed by atoms with E-state index in [0.29, 0.717) is 0 Å². The molecule has 5 heteroatoms. The van der Waals surface area contributed by atoms with E-state index in [0.717, 1.165) is 0 Å². The first-order chi connectivity index (χ1) is 3.35. The molecule has 0 aromatic heterocycles. The molecule has 0 N–H and O–H groups in total. The van der Waals surface area contributed by atoms with Crippen molar-refractivity contribution in [3.05, 3.63) is 0 Å². The van der Waals surface area contributed by atoms with Crippen LogP contribution >= 0.6 is 0 Å². The van der Waals surface area contributed by atoms with Gasteiger partial charge in [0.1, 0.15) is 0 Å². The van der Waals surface area contributed by atoms with E-state index in [4.69, 9.17) is 0 Å². The molecule has 0 saturated carbocycles. The number of halogens is 3. The van der Waals surface area contributed by atoms with Gasteiger partial charge in [0, 0.05) is 0 Å². The largest absolute Gasteiger partial charge is 3.00 e. The van der Waals surface area contributed by atoms with Gasteiger partial charge in [-0.2, -0.15) is 0 Å². The maximum absolute atomic E-state index is 2.32. The summed E-state index contributed by atoms with van der Waals surface area (Å²) in [4.78, 5) is 0. The number of rotatable bonds is 3. The fraction of sp³-hybridized carbons (Fsp3) is 1.00. The van der Waals surface area contributed by atoms with Crippen molar-refractivity contribution in [2.45, 2.75) is 36.6 Å². The molecule has 0 atom stereocenters. The molecular formula is C6H15Al2Cl3. The molecule has 0 heterocycles. The van der Waals surface area contributed by atoms with Crippen LogP contribution < -0.4 is 37.2 Å². The van der Waals surface area contributed by atoms with Gasteiger partial charge in [-0.05, 0) is 0 Å². The summed E-state index contributed by atoms with van der Waals surface area (Å²) in [5, 5.41) is 4.48. The minimum Gasteiger partial charge on any atom is -1.00 e. The van der Waals surface area contributed by atoms with Crippen LogP contribution in [-0.4, -0.2) is 31.5 Å². The third-order valence-corrected chi connectivity index (χ3v) is 5.20. The van der Waals surface area contributed by atoms with Crippen molar-refractivity contribution in [2.24, 2.45) is 0 Å². The molecule has 0 aliphatic heterocycles. The second-order valence-electron chi connectivity index (χ2n) is 2.09. The van der Waals surface area contributed by atoms with E-state index in [1.54, 1.807) is 0 Å². The Hall–Kier alpha value is 1.93. The van der Waals surface area contributed by atoms with Crippen molar-refractivity contribution in [1.29, 1.82) is 0 Å². The molecule has 0 saturated heterocycles. The van der Waals surface area contributed by atoms with E-state index in [1.165, 1.54) is 15.8 Å². The van der Waals surface area contributed by atoms with Crippen LogP contribution in [0.3, 0.4) is 0 Å². The van der Waals surface area contributed by atoms with Crippen molar-refractivity contribution in [3.63, 3.8) is 0 Å². The Morgan fingerprint density at radius 1 is 0.727 bits per heavy atom. The van der Waals surface area contributed by atoms with Crippen LogP contribution in [0.5, 0.6) is 0 Å². The van der Waals surface area contributed by atoms with E-state index in [-0.39, 0.29) is 68.7 Å². The third-order valence-electron chi connectivity index (χ3n) is 1.73. The molecule has 0 aliphatic rings. The normalized spacial score (nSPS) is 5.73. The molecule has 0 radical (unpaired) electrons. The van der Waals surface area contributed by atoms with E-state index >= 15 is 0 Å². The summed E-state index contributed by atoms with van der Waals surface area (Å²) in [5.74, 6) is 0. The Bertz CT molecular complexity index is 37.3. The minimum absolute atomic E-state index is 0. The molecule has 66 valence electrons. The van der Waals surface area contributed by atoms with Crippen molar-refractivity contribution in [3.8, 4) is 0 Å². The standard InChI is InChI=1S/3C2H5.2Al.3ClH/c3*1-2;;;;;/h3*1H2,2H3;;;3*1H/q;;;;+3;;;/p-3. The second kappa shape index (κ2) is 22.7. The zero-order valence-electron chi connectivity index (χ0n) is 7.41. The Kier molecular flexibility index (Phi) is 60.3. The summed E-state index contributed by atoms with van der Waals surface area (Å²) in [6, 6.07) is 0. The Labute approximate surface area is 105 Å². The topological polar surface area (TPSA) is 0 Å². The van der Waals surface area contributed by atoms with E-state index in [2.05, 4.69) is 20.8 Å². The summed E-state index contributed by atoms with van der Waals surface area (Å²) < 4.78 is 0. The van der Waals surface area contributed by atoms with Crippen LogP contribution in [0.15, 0.2) is 0 Å². The monoisotopic (exact) mass is 246 g/mol. The number of hydrogen-bond acceptors (Lipinski definition) is 0. The Morgan fingerprint density at radius 3 is 0.909 bits per heavy atom. The maximum Gasteiger partial charge on any atom is 3.00 e. The first-order valence-electron chi connectivity index (χ1n) is 3.35. The molecule has 0 fully saturated rings. The summed E-state index contributed by atoms with van der Waals surface area (Å²) in [5.41, 5.74) is 0. The molecule has 11 heavy (non-hydrogen) atoms. The second-order valence-corrected chi connectivity index (χ2v) is 6.27. The zero-order chi connectivity index (χ0) is 5.70. The van der Waals surface area contributed by atoms with Crippen molar-refractivity contribution >= 4 is 31.5 Å². The Morgan fingerprint density at radius 2 is 0.909 bits per heavy atom. The van der Waals surface area contributed by atoms with Crippen LogP contribution in [0.2, 0.25) is 15.8 Å². The fourth-order valence-corrected chi connectivity index (χ4v) is 2.60. The van der Waals surface area contributed by atoms with Gasteiger partial charge in [0.25, 0.3) is 14.1 Å². The first-order valence-corrected chi connectivity index (χ1v) is 5.80. The van der Waals surface area contributed by atoms with E-state index < -0.39 is 0 Å². The van der Waals surface area contributed by atoms with Gasteiger partial charge in [-0.1, -0.05) is 36.6 Å². The Balaban J connectivity index is -0.0000000300. The minimum atomic E-state index is -0.171. The smallest absolute Gasteiger partial charge is 1.00 e. The molecule has 0 unspecified atom stereocenters. The first kappa shape index (κ1) is 29.3. The van der Waals surface area contributed by atoms with Crippen LogP contribution in [-0.2, 0) is 0 Å². The van der Waals surface area contributed by atoms with Crippen molar-refractivity contribution < 1.29 is 37.2 Å². The molecular weight excluding hydrogens is 232 g/mol.